The topological polar surface area (TPSA) is 44.1 Å². The molecular weight excluding hydrogens is 332 g/mol. The van der Waals surface area contributed by atoms with Gasteiger partial charge in [-0.2, -0.15) is 5.10 Å². The molecule has 0 aliphatic carbocycles. The summed E-state index contributed by atoms with van der Waals surface area (Å²) in [6.45, 7) is 5.19. The van der Waals surface area contributed by atoms with E-state index in [1.54, 1.807) is 23.0 Å². The molecule has 4 nitrogen and oxygen atoms in total. The van der Waals surface area contributed by atoms with Crippen LogP contribution in [0, 0.1) is 0 Å². The number of ether oxygens (including phenoxy) is 1. The minimum Gasteiger partial charge on any atom is -0.494 e. The van der Waals surface area contributed by atoms with E-state index >= 15 is 0 Å². The molecule has 0 unspecified atom stereocenters. The van der Waals surface area contributed by atoms with Crippen LogP contribution in [-0.2, 0) is 6.54 Å². The second kappa shape index (κ2) is 7.22. The molecule has 0 aliphatic rings. The third-order valence-corrected chi connectivity index (χ3v) is 3.53. The Labute approximate surface area is 132 Å². The molecule has 0 saturated carbocycles. The van der Waals surface area contributed by atoms with Crippen LogP contribution in [0.25, 0.3) is 6.08 Å². The van der Waals surface area contributed by atoms with Crippen molar-refractivity contribution in [2.75, 3.05) is 6.61 Å². The molecule has 5 heteroatoms. The molecule has 0 amide bonds. The minimum absolute atomic E-state index is 0.0740. The second-order valence-corrected chi connectivity index (χ2v) is 5.21. The van der Waals surface area contributed by atoms with E-state index in [4.69, 9.17) is 4.74 Å². The van der Waals surface area contributed by atoms with E-state index in [-0.39, 0.29) is 5.78 Å². The van der Waals surface area contributed by atoms with E-state index in [1.165, 1.54) is 0 Å². The van der Waals surface area contributed by atoms with Gasteiger partial charge in [0.25, 0.3) is 0 Å². The van der Waals surface area contributed by atoms with Crippen LogP contribution in [0.1, 0.15) is 29.9 Å². The molecule has 0 radical (unpaired) electrons. The smallest absolute Gasteiger partial charge is 0.205 e. The van der Waals surface area contributed by atoms with E-state index in [2.05, 4.69) is 21.0 Å². The van der Waals surface area contributed by atoms with E-state index in [0.717, 1.165) is 11.3 Å². The van der Waals surface area contributed by atoms with Gasteiger partial charge in [0.2, 0.25) is 5.78 Å². The number of carbonyl (C=O) groups is 1. The molecule has 1 aromatic heterocycles. The molecule has 110 valence electrons. The number of hydrogen-bond acceptors (Lipinski definition) is 3. The van der Waals surface area contributed by atoms with Gasteiger partial charge in [-0.3, -0.25) is 9.48 Å². The largest absolute Gasteiger partial charge is 0.494 e. The Kier molecular flexibility index (Phi) is 5.33. The number of ketones is 1. The fourth-order valence-corrected chi connectivity index (χ4v) is 2.43. The molecular formula is C16H17BrN2O2. The maximum absolute atomic E-state index is 12.2. The summed E-state index contributed by atoms with van der Waals surface area (Å²) in [7, 11) is 0. The number of rotatable bonds is 6. The summed E-state index contributed by atoms with van der Waals surface area (Å²) in [6.07, 6.45) is 4.99. The molecule has 0 atom stereocenters. The molecule has 0 bridgehead atoms. The highest BCUT2D eigenvalue weighted by Gasteiger charge is 2.13. The Balaban J connectivity index is 2.13. The number of aromatic nitrogens is 2. The monoisotopic (exact) mass is 348 g/mol. The number of hydrogen-bond donors (Lipinski definition) is 0. The highest BCUT2D eigenvalue weighted by Crippen LogP contribution is 2.18. The van der Waals surface area contributed by atoms with Gasteiger partial charge >= 0.3 is 0 Å². The summed E-state index contributed by atoms with van der Waals surface area (Å²) in [4.78, 5) is 12.2. The van der Waals surface area contributed by atoms with Crippen molar-refractivity contribution in [2.45, 2.75) is 20.4 Å². The van der Waals surface area contributed by atoms with Crippen molar-refractivity contribution in [1.29, 1.82) is 0 Å². The lowest BCUT2D eigenvalue weighted by molar-refractivity contribution is 0.103. The van der Waals surface area contributed by atoms with Crippen molar-refractivity contribution in [3.8, 4) is 5.75 Å². The Morgan fingerprint density at radius 2 is 2.05 bits per heavy atom. The Morgan fingerprint density at radius 3 is 2.67 bits per heavy atom. The van der Waals surface area contributed by atoms with E-state index in [1.807, 2.05) is 38.1 Å². The van der Waals surface area contributed by atoms with Crippen LogP contribution < -0.4 is 4.74 Å². The van der Waals surface area contributed by atoms with E-state index in [0.29, 0.717) is 23.3 Å². The molecule has 0 spiro atoms. The average Bonchev–Trinajstić information content (AvgIpc) is 2.87. The van der Waals surface area contributed by atoms with Crippen molar-refractivity contribution in [3.63, 3.8) is 0 Å². The zero-order chi connectivity index (χ0) is 15.2. The predicted octanol–water partition coefficient (Wildman–Crippen LogP) is 3.96. The number of halogens is 1. The summed E-state index contributed by atoms with van der Waals surface area (Å²) in [5.74, 6) is 0.753. The van der Waals surface area contributed by atoms with Crippen LogP contribution in [0.5, 0.6) is 5.75 Å². The second-order valence-electron chi connectivity index (χ2n) is 4.36. The van der Waals surface area contributed by atoms with Gasteiger partial charge in [0.15, 0.2) is 0 Å². The first-order chi connectivity index (χ1) is 10.2. The Bertz CT molecular complexity index is 645. The number of nitrogens with zero attached hydrogens (tertiary/aromatic N) is 2. The van der Waals surface area contributed by atoms with E-state index < -0.39 is 0 Å². The average molecular weight is 349 g/mol. The first-order valence-electron chi connectivity index (χ1n) is 6.82. The maximum Gasteiger partial charge on any atom is 0.205 e. The third kappa shape index (κ3) is 3.82. The first kappa shape index (κ1) is 15.5. The van der Waals surface area contributed by atoms with Crippen LogP contribution >= 0.6 is 15.9 Å². The zero-order valence-corrected chi connectivity index (χ0v) is 13.6. The van der Waals surface area contributed by atoms with E-state index in [9.17, 15) is 4.79 Å². The van der Waals surface area contributed by atoms with Gasteiger partial charge in [-0.1, -0.05) is 18.2 Å². The molecule has 0 saturated heterocycles. The lowest BCUT2D eigenvalue weighted by atomic mass is 10.1. The fourth-order valence-electron chi connectivity index (χ4n) is 1.94. The predicted molar refractivity (Wildman–Crippen MR) is 86.6 cm³/mol. The van der Waals surface area contributed by atoms with Crippen LogP contribution in [-0.4, -0.2) is 22.2 Å². The van der Waals surface area contributed by atoms with Gasteiger partial charge in [0.1, 0.15) is 11.4 Å². The van der Waals surface area contributed by atoms with Crippen molar-refractivity contribution in [1.82, 2.24) is 9.78 Å². The Hall–Kier alpha value is -1.88. The third-order valence-electron chi connectivity index (χ3n) is 2.95. The molecule has 1 heterocycles. The normalized spacial score (nSPS) is 11.0. The summed E-state index contributed by atoms with van der Waals surface area (Å²) in [5.41, 5.74) is 1.52. The lowest BCUT2D eigenvalue weighted by Gasteiger charge is -2.03. The van der Waals surface area contributed by atoms with Gasteiger partial charge in [0, 0.05) is 6.54 Å². The highest BCUT2D eigenvalue weighted by atomic mass is 79.9. The summed E-state index contributed by atoms with van der Waals surface area (Å²) in [6, 6.07) is 7.61. The van der Waals surface area contributed by atoms with Gasteiger partial charge in [-0.05, 0) is 53.5 Å². The highest BCUT2D eigenvalue weighted by molar-refractivity contribution is 9.10. The van der Waals surface area contributed by atoms with Crippen LogP contribution in [0.15, 0.2) is 41.0 Å². The van der Waals surface area contributed by atoms with Crippen LogP contribution in [0.2, 0.25) is 0 Å². The summed E-state index contributed by atoms with van der Waals surface area (Å²) in [5, 5.41) is 4.14. The quantitative estimate of drug-likeness (QED) is 0.586. The van der Waals surface area contributed by atoms with Crippen molar-refractivity contribution in [2.24, 2.45) is 0 Å². The summed E-state index contributed by atoms with van der Waals surface area (Å²) < 4.78 is 7.77. The fraction of sp³-hybridized carbons (Fsp3) is 0.250. The molecule has 0 aliphatic heterocycles. The van der Waals surface area contributed by atoms with Gasteiger partial charge in [0.05, 0.1) is 17.3 Å². The first-order valence-corrected chi connectivity index (χ1v) is 7.61. The lowest BCUT2D eigenvalue weighted by Crippen LogP contribution is -2.07. The van der Waals surface area contributed by atoms with Crippen LogP contribution in [0.4, 0.5) is 0 Å². The molecule has 1 aromatic carbocycles. The van der Waals surface area contributed by atoms with Crippen molar-refractivity contribution in [3.05, 3.63) is 52.3 Å². The van der Waals surface area contributed by atoms with Crippen LogP contribution in [0.3, 0.4) is 0 Å². The molecule has 21 heavy (non-hydrogen) atoms. The molecule has 2 aromatic rings. The number of allylic oxidation sites excluding steroid dienone is 1. The molecule has 2 rings (SSSR count). The Morgan fingerprint density at radius 1 is 1.33 bits per heavy atom. The minimum atomic E-state index is -0.0740. The van der Waals surface area contributed by atoms with Crippen molar-refractivity contribution >= 4 is 27.8 Å². The number of carbonyl (C=O) groups excluding carboxylic acids is 1. The SMILES string of the molecule is CCOc1ccc(C=CC(=O)c2c(Br)cnn2CC)cc1. The molecule has 0 N–H and O–H groups in total. The summed E-state index contributed by atoms with van der Waals surface area (Å²) >= 11 is 3.36. The zero-order valence-electron chi connectivity index (χ0n) is 12.0. The standard InChI is InChI=1S/C16H17BrN2O2/c1-3-19-16(14(17)11-18-19)15(20)10-7-12-5-8-13(9-6-12)21-4-2/h5-11H,3-4H2,1-2H3. The van der Waals surface area contributed by atoms with Gasteiger partial charge in [-0.25, -0.2) is 0 Å². The van der Waals surface area contributed by atoms with Gasteiger partial charge in [-0.15, -0.1) is 0 Å². The molecule has 0 fully saturated rings. The van der Waals surface area contributed by atoms with Crippen molar-refractivity contribution < 1.29 is 9.53 Å². The van der Waals surface area contributed by atoms with Gasteiger partial charge < -0.3 is 4.74 Å². The number of aryl methyl sites for hydroxylation is 1. The number of benzene rings is 1. The maximum atomic E-state index is 12.2.